The van der Waals surface area contributed by atoms with Crippen molar-refractivity contribution >= 4 is 5.69 Å². The lowest BCUT2D eigenvalue weighted by Crippen LogP contribution is -2.46. The van der Waals surface area contributed by atoms with E-state index in [1.807, 2.05) is 13.8 Å². The van der Waals surface area contributed by atoms with Crippen molar-refractivity contribution < 1.29 is 36.2 Å². The van der Waals surface area contributed by atoms with E-state index in [9.17, 15) is 22.0 Å². The lowest BCUT2D eigenvalue weighted by Gasteiger charge is -2.39. The zero-order chi connectivity index (χ0) is 25.0. The summed E-state index contributed by atoms with van der Waals surface area (Å²) in [5, 5.41) is 2.35. The smallest absolute Gasteiger partial charge is 0.285 e. The molecular weight excluding hydrogens is 445 g/mol. The Labute approximate surface area is 194 Å². The van der Waals surface area contributed by atoms with Gasteiger partial charge in [-0.25, -0.2) is 22.0 Å². The van der Waals surface area contributed by atoms with E-state index in [2.05, 4.69) is 12.2 Å². The summed E-state index contributed by atoms with van der Waals surface area (Å²) in [4.78, 5) is 0. The molecule has 0 fully saturated rings. The molecule has 1 atom stereocenters. The summed E-state index contributed by atoms with van der Waals surface area (Å²) in [7, 11) is 2.99. The molecule has 0 saturated carbocycles. The third-order valence-corrected chi connectivity index (χ3v) is 5.62. The van der Waals surface area contributed by atoms with Crippen LogP contribution < -0.4 is 5.32 Å². The Morgan fingerprint density at radius 1 is 0.727 bits per heavy atom. The van der Waals surface area contributed by atoms with Gasteiger partial charge < -0.3 is 19.5 Å². The molecule has 0 saturated heterocycles. The van der Waals surface area contributed by atoms with Crippen molar-refractivity contribution in [2.45, 2.75) is 90.6 Å². The van der Waals surface area contributed by atoms with Crippen LogP contribution >= 0.6 is 0 Å². The summed E-state index contributed by atoms with van der Waals surface area (Å²) < 4.78 is 85.0. The van der Waals surface area contributed by atoms with Crippen molar-refractivity contribution in [3.63, 3.8) is 0 Å². The predicted octanol–water partition coefficient (Wildman–Crippen LogP) is 7.31. The van der Waals surface area contributed by atoms with Crippen molar-refractivity contribution in [2.24, 2.45) is 5.92 Å². The number of benzene rings is 1. The van der Waals surface area contributed by atoms with Gasteiger partial charge in [0.05, 0.1) is 6.10 Å². The van der Waals surface area contributed by atoms with Crippen LogP contribution in [0.2, 0.25) is 0 Å². The average molecular weight is 484 g/mol. The molecule has 1 N–H and O–H groups in total. The number of anilines is 1. The molecule has 1 aromatic carbocycles. The van der Waals surface area contributed by atoms with Gasteiger partial charge in [-0.15, -0.1) is 0 Å². The lowest BCUT2D eigenvalue weighted by molar-refractivity contribution is -0.399. The molecule has 0 spiro atoms. The first kappa shape index (κ1) is 29.6. The van der Waals surface area contributed by atoms with Gasteiger partial charge in [-0.1, -0.05) is 45.4 Å². The zero-order valence-electron chi connectivity index (χ0n) is 20.3. The van der Waals surface area contributed by atoms with Crippen LogP contribution in [0.3, 0.4) is 0 Å². The molecule has 33 heavy (non-hydrogen) atoms. The van der Waals surface area contributed by atoms with Gasteiger partial charge in [-0.05, 0) is 33.1 Å². The molecule has 9 heteroatoms. The minimum absolute atomic E-state index is 0.00343. The first-order chi connectivity index (χ1) is 15.6. The number of unbranched alkanes of at least 4 members (excludes halogenated alkanes) is 5. The molecule has 0 aliphatic heterocycles. The molecule has 0 aliphatic rings. The summed E-state index contributed by atoms with van der Waals surface area (Å²) in [5.74, 6) is -11.4. The predicted molar refractivity (Wildman–Crippen MR) is 118 cm³/mol. The minimum Gasteiger partial charge on any atom is -0.380 e. The first-order valence-electron chi connectivity index (χ1n) is 11.7. The highest BCUT2D eigenvalue weighted by Crippen LogP contribution is 2.34. The number of nitrogens with one attached hydrogen (secondary N) is 1. The van der Waals surface area contributed by atoms with Crippen LogP contribution in [0.25, 0.3) is 0 Å². The van der Waals surface area contributed by atoms with Gasteiger partial charge in [0.2, 0.25) is 5.82 Å². The Morgan fingerprint density at radius 2 is 1.21 bits per heavy atom. The van der Waals surface area contributed by atoms with Crippen LogP contribution in [0.15, 0.2) is 0 Å². The van der Waals surface area contributed by atoms with Crippen molar-refractivity contribution in [3.8, 4) is 0 Å². The maximum atomic E-state index is 13.9. The Bertz CT molecular complexity index is 685. The summed E-state index contributed by atoms with van der Waals surface area (Å²) in [6, 6.07) is 0. The van der Waals surface area contributed by atoms with E-state index in [1.54, 1.807) is 0 Å². The maximum absolute atomic E-state index is 13.9. The highest BCUT2D eigenvalue weighted by Gasteiger charge is 2.41. The maximum Gasteiger partial charge on any atom is 0.285 e. The molecule has 0 aromatic heterocycles. The first-order valence-corrected chi connectivity index (χ1v) is 11.7. The van der Waals surface area contributed by atoms with E-state index in [4.69, 9.17) is 14.2 Å². The second kappa shape index (κ2) is 14.7. The third-order valence-electron chi connectivity index (χ3n) is 5.62. The normalized spacial score (nSPS) is 13.1. The molecule has 0 aliphatic carbocycles. The molecule has 1 rings (SSSR count). The van der Waals surface area contributed by atoms with Gasteiger partial charge in [-0.2, -0.15) is 0 Å². The van der Waals surface area contributed by atoms with Gasteiger partial charge >= 0.3 is 0 Å². The largest absolute Gasteiger partial charge is 0.380 e. The summed E-state index contributed by atoms with van der Waals surface area (Å²) in [5.41, 5.74) is -1.03. The monoisotopic (exact) mass is 483 g/mol. The Morgan fingerprint density at radius 3 is 1.73 bits per heavy atom. The van der Waals surface area contributed by atoms with Crippen LogP contribution in [0.4, 0.5) is 27.6 Å². The molecule has 1 unspecified atom stereocenters. The van der Waals surface area contributed by atoms with Gasteiger partial charge in [0, 0.05) is 26.7 Å². The number of rotatable bonds is 17. The average Bonchev–Trinajstić information content (AvgIpc) is 2.80. The number of halogens is 5. The van der Waals surface area contributed by atoms with Gasteiger partial charge in [0.25, 0.3) is 5.97 Å². The number of hydrogen-bond donors (Lipinski definition) is 1. The molecule has 1 aromatic rings. The minimum atomic E-state index is -2.18. The summed E-state index contributed by atoms with van der Waals surface area (Å²) in [6.07, 6.45) is 8.06. The highest BCUT2D eigenvalue weighted by atomic mass is 19.2. The van der Waals surface area contributed by atoms with Crippen molar-refractivity contribution in [3.05, 3.63) is 29.1 Å². The topological polar surface area (TPSA) is 39.7 Å². The van der Waals surface area contributed by atoms with E-state index < -0.39 is 40.7 Å². The van der Waals surface area contributed by atoms with Crippen LogP contribution in [0.5, 0.6) is 0 Å². The standard InChI is InChI=1S/C24H38F5NO3/c1-6-7-8-9-10-11-13-17(24(31-4,32-5)33-16(2)3)14-12-15-30-23-21(28)19(26)18(25)20(27)22(23)29/h16-17,30H,6-15H2,1-5H3. The number of ether oxygens (including phenoxy) is 3. The molecule has 0 radical (unpaired) electrons. The fourth-order valence-electron chi connectivity index (χ4n) is 3.93. The van der Waals surface area contributed by atoms with E-state index in [0.717, 1.165) is 32.1 Å². The van der Waals surface area contributed by atoms with Crippen LogP contribution in [-0.2, 0) is 14.2 Å². The molecule has 0 amide bonds. The van der Waals surface area contributed by atoms with Gasteiger partial charge in [-0.3, -0.25) is 0 Å². The Hall–Kier alpha value is -1.45. The number of methoxy groups -OCH3 is 2. The summed E-state index contributed by atoms with van der Waals surface area (Å²) >= 11 is 0. The molecule has 0 bridgehead atoms. The number of hydrogen-bond acceptors (Lipinski definition) is 4. The van der Waals surface area contributed by atoms with E-state index in [-0.39, 0.29) is 18.6 Å². The van der Waals surface area contributed by atoms with Crippen LogP contribution in [0.1, 0.15) is 78.6 Å². The fourth-order valence-corrected chi connectivity index (χ4v) is 3.93. The van der Waals surface area contributed by atoms with Crippen molar-refractivity contribution in [2.75, 3.05) is 26.1 Å². The van der Waals surface area contributed by atoms with Gasteiger partial charge in [0.15, 0.2) is 23.3 Å². The Balaban J connectivity index is 2.83. The molecule has 4 nitrogen and oxygen atoms in total. The van der Waals surface area contributed by atoms with Crippen LogP contribution in [-0.4, -0.2) is 32.8 Å². The summed E-state index contributed by atoms with van der Waals surface area (Å²) in [6.45, 7) is 5.88. The van der Waals surface area contributed by atoms with Crippen molar-refractivity contribution in [1.29, 1.82) is 0 Å². The Kier molecular flexibility index (Phi) is 13.2. The quantitative estimate of drug-likeness (QED) is 0.0829. The molecule has 192 valence electrons. The second-order valence-electron chi connectivity index (χ2n) is 8.45. The lowest BCUT2D eigenvalue weighted by atomic mass is 9.92. The van der Waals surface area contributed by atoms with Gasteiger partial charge in [0.1, 0.15) is 5.69 Å². The SMILES string of the molecule is CCCCCCCCC(CCCNc1c(F)c(F)c(F)c(F)c1F)C(OC)(OC)OC(C)C. The van der Waals surface area contributed by atoms with Crippen LogP contribution in [0, 0.1) is 35.0 Å². The molecular formula is C24H38F5NO3. The third kappa shape index (κ3) is 8.37. The van der Waals surface area contributed by atoms with E-state index in [1.165, 1.54) is 27.1 Å². The highest BCUT2D eigenvalue weighted by molar-refractivity contribution is 5.47. The molecule has 0 heterocycles. The second-order valence-corrected chi connectivity index (χ2v) is 8.45. The van der Waals surface area contributed by atoms with Crippen molar-refractivity contribution in [1.82, 2.24) is 0 Å². The fraction of sp³-hybridized carbons (Fsp3) is 0.750. The zero-order valence-corrected chi connectivity index (χ0v) is 20.3. The van der Waals surface area contributed by atoms with E-state index >= 15 is 0 Å². The van der Waals surface area contributed by atoms with E-state index in [0.29, 0.717) is 12.8 Å².